The van der Waals surface area contributed by atoms with E-state index in [0.717, 1.165) is 44.2 Å². The topological polar surface area (TPSA) is 123 Å². The van der Waals surface area contributed by atoms with Crippen LogP contribution in [0.4, 0.5) is 11.5 Å². The molecule has 1 atom stereocenters. The molecule has 0 bridgehead atoms. The molecular formula is C28H37N5O5S. The third kappa shape index (κ3) is 5.30. The minimum Gasteiger partial charge on any atom is -0.372 e. The molecule has 2 fully saturated rings. The molecule has 1 saturated heterocycles. The summed E-state index contributed by atoms with van der Waals surface area (Å²) in [6.45, 7) is 6.46. The maximum Gasteiger partial charge on any atom is 0.257 e. The van der Waals surface area contributed by atoms with Crippen molar-refractivity contribution in [2.24, 2.45) is 5.92 Å². The van der Waals surface area contributed by atoms with Crippen molar-refractivity contribution in [3.8, 4) is 0 Å². The molecule has 210 valence electrons. The fraction of sp³-hybridized carbons (Fsp3) is 0.607. The lowest BCUT2D eigenvalue weighted by molar-refractivity contribution is -0.113. The van der Waals surface area contributed by atoms with Gasteiger partial charge in [-0.3, -0.25) is 9.59 Å². The van der Waals surface area contributed by atoms with Crippen LogP contribution in [0.15, 0.2) is 18.2 Å². The lowest BCUT2D eigenvalue weighted by atomic mass is 9.82. The summed E-state index contributed by atoms with van der Waals surface area (Å²) in [7, 11) is -3.51. The predicted molar refractivity (Wildman–Crippen MR) is 148 cm³/mol. The fourth-order valence-corrected chi connectivity index (χ4v) is 6.81. The number of aromatic nitrogens is 2. The summed E-state index contributed by atoms with van der Waals surface area (Å²) < 4.78 is 31.0. The van der Waals surface area contributed by atoms with E-state index in [0.29, 0.717) is 36.0 Å². The zero-order valence-corrected chi connectivity index (χ0v) is 23.6. The number of hydrogen-bond acceptors (Lipinski definition) is 7. The van der Waals surface area contributed by atoms with Gasteiger partial charge in [-0.05, 0) is 62.3 Å². The van der Waals surface area contributed by atoms with Crippen LogP contribution in [0, 0.1) is 5.92 Å². The molecule has 0 radical (unpaired) electrons. The fourth-order valence-electron chi connectivity index (χ4n) is 6.26. The first-order chi connectivity index (χ1) is 18.5. The molecule has 1 aromatic heterocycles. The highest BCUT2D eigenvalue weighted by molar-refractivity contribution is 7.91. The number of aryl methyl sites for hydroxylation is 2. The van der Waals surface area contributed by atoms with E-state index in [1.807, 2.05) is 0 Å². The largest absolute Gasteiger partial charge is 0.372 e. The molecule has 11 heteroatoms. The predicted octanol–water partition coefficient (Wildman–Crippen LogP) is 2.41. The van der Waals surface area contributed by atoms with Crippen LogP contribution in [-0.2, 0) is 44.3 Å². The number of amides is 2. The maximum atomic E-state index is 13.6. The van der Waals surface area contributed by atoms with Crippen molar-refractivity contribution < 1.29 is 22.7 Å². The maximum absolute atomic E-state index is 13.6. The second kappa shape index (κ2) is 9.62. The second-order valence-corrected chi connectivity index (χ2v) is 14.2. The van der Waals surface area contributed by atoms with Crippen molar-refractivity contribution in [1.29, 1.82) is 0 Å². The molecule has 4 aliphatic rings. The second-order valence-electron chi connectivity index (χ2n) is 12.0. The first-order valence-corrected chi connectivity index (χ1v) is 16.0. The highest BCUT2D eigenvalue weighted by Gasteiger charge is 2.47. The normalized spacial score (nSPS) is 22.6. The summed E-state index contributed by atoms with van der Waals surface area (Å²) >= 11 is 0. The van der Waals surface area contributed by atoms with Gasteiger partial charge in [0.15, 0.2) is 9.84 Å². The Hall–Kier alpha value is -2.92. The molecule has 1 spiro atoms. The molecule has 2 aliphatic heterocycles. The van der Waals surface area contributed by atoms with Crippen LogP contribution in [0.3, 0.4) is 0 Å². The highest BCUT2D eigenvalue weighted by Crippen LogP contribution is 2.45. The Balaban J connectivity index is 1.25. The Morgan fingerprint density at radius 1 is 1.28 bits per heavy atom. The standard InChI is InChI=1S/C28H37N5O5S/c1-17(2)38-21-14-32(15-21)20-6-7-22-19(12-20)8-10-28(22)13-23-25(27(35)30-28)26(29-24(34)16-39(3,36)37)33(31-23)11-9-18-4-5-18/h6-7,12,17-18,21H,4-5,8-11,13-16H2,1-3H3,(H,29,34)(H,30,35)/t28-/m1/s1. The zero-order valence-electron chi connectivity index (χ0n) is 22.8. The number of nitrogens with zero attached hydrogens (tertiary/aromatic N) is 3. The minimum atomic E-state index is -3.51. The molecule has 39 heavy (non-hydrogen) atoms. The van der Waals surface area contributed by atoms with E-state index < -0.39 is 27.0 Å². The van der Waals surface area contributed by atoms with Gasteiger partial charge in [0.25, 0.3) is 5.91 Å². The Labute approximate surface area is 229 Å². The van der Waals surface area contributed by atoms with Gasteiger partial charge in [-0.2, -0.15) is 5.10 Å². The SMILES string of the molecule is CC(C)OC1CN(c2ccc3c(c2)CC[C@@]32Cc3nn(CCC4CC4)c(NC(=O)CS(C)(=O)=O)c3C(=O)N2)C1. The summed E-state index contributed by atoms with van der Waals surface area (Å²) in [6, 6.07) is 6.51. The molecule has 2 aliphatic carbocycles. The molecule has 2 N–H and O–H groups in total. The Bertz CT molecular complexity index is 1420. The molecular weight excluding hydrogens is 518 g/mol. The number of hydrogen-bond donors (Lipinski definition) is 2. The number of fused-ring (bicyclic) bond motifs is 3. The Morgan fingerprint density at radius 3 is 2.74 bits per heavy atom. The quantitative estimate of drug-likeness (QED) is 0.487. The monoisotopic (exact) mass is 555 g/mol. The van der Waals surface area contributed by atoms with Gasteiger partial charge >= 0.3 is 0 Å². The molecule has 2 aromatic rings. The van der Waals surface area contributed by atoms with Gasteiger partial charge in [-0.15, -0.1) is 0 Å². The average Bonchev–Trinajstić information content (AvgIpc) is 3.50. The van der Waals surface area contributed by atoms with E-state index in [4.69, 9.17) is 9.84 Å². The van der Waals surface area contributed by atoms with E-state index in [1.54, 1.807) is 4.68 Å². The molecule has 1 aromatic carbocycles. The van der Waals surface area contributed by atoms with E-state index in [-0.39, 0.29) is 18.1 Å². The van der Waals surface area contributed by atoms with Crippen molar-refractivity contribution >= 4 is 33.2 Å². The van der Waals surface area contributed by atoms with Gasteiger partial charge < -0.3 is 20.3 Å². The highest BCUT2D eigenvalue weighted by atomic mass is 32.2. The summed E-state index contributed by atoms with van der Waals surface area (Å²) in [6.07, 6.45) is 6.95. The lowest BCUT2D eigenvalue weighted by Crippen LogP contribution is -2.53. The van der Waals surface area contributed by atoms with Crippen LogP contribution in [-0.4, -0.2) is 67.3 Å². The van der Waals surface area contributed by atoms with Gasteiger partial charge in [0.2, 0.25) is 5.91 Å². The smallest absolute Gasteiger partial charge is 0.257 e. The molecule has 1 saturated carbocycles. The van der Waals surface area contributed by atoms with Crippen LogP contribution >= 0.6 is 0 Å². The van der Waals surface area contributed by atoms with Crippen LogP contribution in [0.25, 0.3) is 0 Å². The summed E-state index contributed by atoms with van der Waals surface area (Å²) in [5, 5.41) is 10.8. The number of benzene rings is 1. The third-order valence-electron chi connectivity index (χ3n) is 8.27. The van der Waals surface area contributed by atoms with Gasteiger partial charge in [-0.1, -0.05) is 18.9 Å². The number of carbonyl (C=O) groups is 2. The van der Waals surface area contributed by atoms with E-state index >= 15 is 0 Å². The van der Waals surface area contributed by atoms with Crippen molar-refractivity contribution in [3.63, 3.8) is 0 Å². The van der Waals surface area contributed by atoms with Crippen molar-refractivity contribution in [2.45, 2.75) is 76.7 Å². The van der Waals surface area contributed by atoms with Crippen LogP contribution < -0.4 is 15.5 Å². The summed E-state index contributed by atoms with van der Waals surface area (Å²) in [4.78, 5) is 28.5. The van der Waals surface area contributed by atoms with Crippen LogP contribution in [0.5, 0.6) is 0 Å². The van der Waals surface area contributed by atoms with Crippen LogP contribution in [0.1, 0.15) is 66.7 Å². The average molecular weight is 556 g/mol. The molecule has 0 unspecified atom stereocenters. The first-order valence-electron chi connectivity index (χ1n) is 13.9. The van der Waals surface area contributed by atoms with E-state index in [2.05, 4.69) is 47.6 Å². The lowest BCUT2D eigenvalue weighted by Gasteiger charge is -2.42. The van der Waals surface area contributed by atoms with Crippen molar-refractivity contribution in [1.82, 2.24) is 15.1 Å². The molecule has 6 rings (SSSR count). The van der Waals surface area contributed by atoms with Crippen LogP contribution in [0.2, 0.25) is 0 Å². The number of ether oxygens (including phenoxy) is 1. The third-order valence-corrected chi connectivity index (χ3v) is 9.06. The van der Waals surface area contributed by atoms with Gasteiger partial charge in [-0.25, -0.2) is 13.1 Å². The summed E-state index contributed by atoms with van der Waals surface area (Å²) in [5.74, 6) is -0.640. The Kier molecular flexibility index (Phi) is 6.49. The van der Waals surface area contributed by atoms with Gasteiger partial charge in [0, 0.05) is 38.0 Å². The van der Waals surface area contributed by atoms with E-state index in [9.17, 15) is 18.0 Å². The first kappa shape index (κ1) is 26.3. The summed E-state index contributed by atoms with van der Waals surface area (Å²) in [5.41, 5.74) is 3.99. The molecule has 2 amide bonds. The number of sulfone groups is 1. The number of carbonyl (C=O) groups excluding carboxylic acids is 2. The number of rotatable bonds is 9. The van der Waals surface area contributed by atoms with Crippen molar-refractivity contribution in [2.75, 3.05) is 35.3 Å². The Morgan fingerprint density at radius 2 is 2.05 bits per heavy atom. The molecule has 10 nitrogen and oxygen atoms in total. The number of nitrogens with one attached hydrogen (secondary N) is 2. The van der Waals surface area contributed by atoms with Gasteiger partial charge in [0.1, 0.15) is 17.1 Å². The van der Waals surface area contributed by atoms with Gasteiger partial charge in [0.05, 0.1) is 23.4 Å². The van der Waals surface area contributed by atoms with Crippen molar-refractivity contribution in [3.05, 3.63) is 40.6 Å². The van der Waals surface area contributed by atoms with E-state index in [1.165, 1.54) is 24.1 Å². The zero-order chi connectivity index (χ0) is 27.5. The molecule has 3 heterocycles. The minimum absolute atomic E-state index is 0.225. The number of anilines is 2.